The molecular formula is C20H24ClNO2S. The van der Waals surface area contributed by atoms with Crippen molar-refractivity contribution in [3.63, 3.8) is 0 Å². The van der Waals surface area contributed by atoms with Crippen LogP contribution in [-0.4, -0.2) is 24.3 Å². The minimum atomic E-state index is -0.519. The molecule has 0 radical (unpaired) electrons. The maximum atomic E-state index is 12.1. The van der Waals surface area contributed by atoms with E-state index in [9.17, 15) is 4.79 Å². The Morgan fingerprint density at radius 2 is 2.00 bits per heavy atom. The van der Waals surface area contributed by atoms with Gasteiger partial charge in [0, 0.05) is 23.1 Å². The van der Waals surface area contributed by atoms with Crippen LogP contribution < -0.4 is 10.1 Å². The van der Waals surface area contributed by atoms with Crippen LogP contribution in [0.2, 0.25) is 5.02 Å². The molecule has 2 rings (SSSR count). The monoisotopic (exact) mass is 377 g/mol. The summed E-state index contributed by atoms with van der Waals surface area (Å²) >= 11 is 7.87. The summed E-state index contributed by atoms with van der Waals surface area (Å²) in [4.78, 5) is 12.1. The first-order valence-corrected chi connectivity index (χ1v) is 9.83. The number of carbonyl (C=O) groups is 1. The first kappa shape index (κ1) is 19.7. The van der Waals surface area contributed by atoms with Crippen LogP contribution in [-0.2, 0) is 10.5 Å². The SMILES string of the molecule is Cc1ccc(O[C@@H](C)C(=O)NCCSCc2ccccc2Cl)c(C)c1. The topological polar surface area (TPSA) is 38.3 Å². The number of ether oxygens (including phenoxy) is 1. The fraction of sp³-hybridized carbons (Fsp3) is 0.350. The third-order valence-electron chi connectivity index (χ3n) is 3.76. The zero-order valence-electron chi connectivity index (χ0n) is 14.8. The summed E-state index contributed by atoms with van der Waals surface area (Å²) in [5, 5.41) is 3.70. The molecule has 0 unspecified atom stereocenters. The molecule has 0 saturated heterocycles. The lowest BCUT2D eigenvalue weighted by molar-refractivity contribution is -0.127. The summed E-state index contributed by atoms with van der Waals surface area (Å²) in [6.45, 7) is 6.39. The number of carbonyl (C=O) groups excluding carboxylic acids is 1. The van der Waals surface area contributed by atoms with Crippen molar-refractivity contribution in [2.24, 2.45) is 0 Å². The van der Waals surface area contributed by atoms with Crippen molar-refractivity contribution in [3.05, 3.63) is 64.2 Å². The summed E-state index contributed by atoms with van der Waals surface area (Å²) in [6, 6.07) is 13.8. The van der Waals surface area contributed by atoms with Crippen molar-refractivity contribution >= 4 is 29.3 Å². The molecule has 0 saturated carbocycles. The first-order valence-electron chi connectivity index (χ1n) is 8.30. The van der Waals surface area contributed by atoms with Crippen molar-refractivity contribution in [1.29, 1.82) is 0 Å². The molecule has 0 fully saturated rings. The Kier molecular flexibility index (Phi) is 7.66. The molecule has 0 spiro atoms. The van der Waals surface area contributed by atoms with Gasteiger partial charge in [-0.1, -0.05) is 47.5 Å². The third kappa shape index (κ3) is 6.29. The standard InChI is InChI=1S/C20H24ClNO2S/c1-14-8-9-19(15(2)12-14)24-16(3)20(23)22-10-11-25-13-17-6-4-5-7-18(17)21/h4-9,12,16H,10-11,13H2,1-3H3,(H,22,23)/t16-/m0/s1. The van der Waals surface area contributed by atoms with Crippen LogP contribution in [0.4, 0.5) is 0 Å². The van der Waals surface area contributed by atoms with Crippen LogP contribution in [0, 0.1) is 13.8 Å². The first-order chi connectivity index (χ1) is 12.0. The molecule has 2 aromatic rings. The van der Waals surface area contributed by atoms with Crippen LogP contribution in [0.15, 0.2) is 42.5 Å². The Morgan fingerprint density at radius 1 is 1.24 bits per heavy atom. The molecule has 0 aliphatic carbocycles. The number of hydrogen-bond donors (Lipinski definition) is 1. The lowest BCUT2D eigenvalue weighted by atomic mass is 10.1. The van der Waals surface area contributed by atoms with Gasteiger partial charge in [0.25, 0.3) is 5.91 Å². The Morgan fingerprint density at radius 3 is 2.72 bits per heavy atom. The van der Waals surface area contributed by atoms with Gasteiger partial charge in [-0.3, -0.25) is 4.79 Å². The van der Waals surface area contributed by atoms with Crippen LogP contribution in [0.3, 0.4) is 0 Å². The number of aryl methyl sites for hydroxylation is 2. The van der Waals surface area contributed by atoms with E-state index in [2.05, 4.69) is 5.32 Å². The molecule has 5 heteroatoms. The fourth-order valence-corrected chi connectivity index (χ4v) is 3.51. The predicted molar refractivity (Wildman–Crippen MR) is 107 cm³/mol. The highest BCUT2D eigenvalue weighted by Crippen LogP contribution is 2.21. The van der Waals surface area contributed by atoms with Crippen molar-refractivity contribution in [2.45, 2.75) is 32.6 Å². The average molecular weight is 378 g/mol. The molecule has 1 N–H and O–H groups in total. The van der Waals surface area contributed by atoms with E-state index in [0.29, 0.717) is 6.54 Å². The maximum absolute atomic E-state index is 12.1. The molecule has 1 atom stereocenters. The summed E-state index contributed by atoms with van der Waals surface area (Å²) in [5.74, 6) is 2.32. The molecular weight excluding hydrogens is 354 g/mol. The average Bonchev–Trinajstić information content (AvgIpc) is 2.58. The lowest BCUT2D eigenvalue weighted by Crippen LogP contribution is -2.37. The summed E-state index contributed by atoms with van der Waals surface area (Å²) < 4.78 is 5.77. The fourth-order valence-electron chi connectivity index (χ4n) is 2.36. The van der Waals surface area contributed by atoms with Crippen molar-refractivity contribution in [3.8, 4) is 5.75 Å². The van der Waals surface area contributed by atoms with Gasteiger partial charge in [0.1, 0.15) is 5.75 Å². The van der Waals surface area contributed by atoms with Crippen LogP contribution >= 0.6 is 23.4 Å². The summed E-state index contributed by atoms with van der Waals surface area (Å²) in [7, 11) is 0. The van der Waals surface area contributed by atoms with E-state index in [0.717, 1.165) is 33.4 Å². The second kappa shape index (κ2) is 9.73. The van der Waals surface area contributed by atoms with E-state index in [-0.39, 0.29) is 5.91 Å². The largest absolute Gasteiger partial charge is 0.481 e. The van der Waals surface area contributed by atoms with Gasteiger partial charge in [-0.05, 0) is 44.0 Å². The van der Waals surface area contributed by atoms with Crippen LogP contribution in [0.5, 0.6) is 5.75 Å². The van der Waals surface area contributed by atoms with Crippen molar-refractivity contribution < 1.29 is 9.53 Å². The van der Waals surface area contributed by atoms with Gasteiger partial charge in [0.2, 0.25) is 0 Å². The van der Waals surface area contributed by atoms with Gasteiger partial charge < -0.3 is 10.1 Å². The van der Waals surface area contributed by atoms with Crippen molar-refractivity contribution in [2.75, 3.05) is 12.3 Å². The normalized spacial score (nSPS) is 11.8. The molecule has 3 nitrogen and oxygen atoms in total. The summed E-state index contributed by atoms with van der Waals surface area (Å²) in [6.07, 6.45) is -0.519. The van der Waals surface area contributed by atoms with Gasteiger partial charge in [0.05, 0.1) is 0 Å². The van der Waals surface area contributed by atoms with E-state index in [1.807, 2.05) is 56.3 Å². The van der Waals surface area contributed by atoms with Gasteiger partial charge >= 0.3 is 0 Å². The van der Waals surface area contributed by atoms with Crippen LogP contribution in [0.25, 0.3) is 0 Å². The van der Waals surface area contributed by atoms with E-state index in [4.69, 9.17) is 16.3 Å². The Balaban J connectivity index is 1.70. The highest BCUT2D eigenvalue weighted by Gasteiger charge is 2.15. The van der Waals surface area contributed by atoms with Gasteiger partial charge in [0.15, 0.2) is 6.10 Å². The molecule has 25 heavy (non-hydrogen) atoms. The quantitative estimate of drug-likeness (QED) is 0.673. The van der Waals surface area contributed by atoms with Gasteiger partial charge in [-0.25, -0.2) is 0 Å². The number of rotatable bonds is 8. The van der Waals surface area contributed by atoms with Gasteiger partial charge in [-0.15, -0.1) is 0 Å². The number of benzene rings is 2. The van der Waals surface area contributed by atoms with E-state index in [1.54, 1.807) is 18.7 Å². The smallest absolute Gasteiger partial charge is 0.260 e. The second-order valence-electron chi connectivity index (χ2n) is 5.96. The minimum Gasteiger partial charge on any atom is -0.481 e. The predicted octanol–water partition coefficient (Wildman–Crippen LogP) is 4.77. The second-order valence-corrected chi connectivity index (χ2v) is 7.48. The number of hydrogen-bond acceptors (Lipinski definition) is 3. The Labute approximate surface area is 159 Å². The molecule has 2 aromatic carbocycles. The molecule has 0 aromatic heterocycles. The molecule has 0 bridgehead atoms. The maximum Gasteiger partial charge on any atom is 0.260 e. The number of thioether (sulfide) groups is 1. The van der Waals surface area contributed by atoms with Crippen molar-refractivity contribution in [1.82, 2.24) is 5.32 Å². The number of amides is 1. The number of halogens is 1. The van der Waals surface area contributed by atoms with E-state index in [1.165, 1.54) is 5.56 Å². The number of nitrogens with one attached hydrogen (secondary N) is 1. The van der Waals surface area contributed by atoms with E-state index < -0.39 is 6.10 Å². The van der Waals surface area contributed by atoms with Crippen LogP contribution in [0.1, 0.15) is 23.6 Å². The molecule has 0 heterocycles. The summed E-state index contributed by atoms with van der Waals surface area (Å²) in [5.41, 5.74) is 3.33. The molecule has 0 aliphatic rings. The minimum absolute atomic E-state index is 0.0988. The van der Waals surface area contributed by atoms with Gasteiger partial charge in [-0.2, -0.15) is 11.8 Å². The molecule has 0 aliphatic heterocycles. The third-order valence-corrected chi connectivity index (χ3v) is 5.14. The zero-order chi connectivity index (χ0) is 18.2. The lowest BCUT2D eigenvalue weighted by Gasteiger charge is -2.16. The zero-order valence-corrected chi connectivity index (χ0v) is 16.4. The highest BCUT2D eigenvalue weighted by molar-refractivity contribution is 7.98. The molecule has 1 amide bonds. The molecule has 134 valence electrons. The highest BCUT2D eigenvalue weighted by atomic mass is 35.5. The Bertz CT molecular complexity index is 721. The van der Waals surface area contributed by atoms with E-state index >= 15 is 0 Å². The Hall–Kier alpha value is -1.65.